The lowest BCUT2D eigenvalue weighted by Crippen LogP contribution is -2.41. The number of anilines is 1. The van der Waals surface area contributed by atoms with Gasteiger partial charge in [0.25, 0.3) is 0 Å². The largest absolute Gasteiger partial charge is 0.389 e. The van der Waals surface area contributed by atoms with Crippen molar-refractivity contribution in [3.63, 3.8) is 0 Å². The first-order valence-electron chi connectivity index (χ1n) is 6.30. The number of hydrogen-bond donors (Lipinski definition) is 2. The van der Waals surface area contributed by atoms with Crippen molar-refractivity contribution in [3.8, 4) is 0 Å². The van der Waals surface area contributed by atoms with E-state index in [9.17, 15) is 4.79 Å². The maximum absolute atomic E-state index is 12.1. The normalized spacial score (nSPS) is 11.7. The van der Waals surface area contributed by atoms with Gasteiger partial charge in [-0.3, -0.25) is 4.79 Å². The number of nitrogens with one attached hydrogen (secondary N) is 1. The zero-order chi connectivity index (χ0) is 14.4. The second kappa shape index (κ2) is 7.04. The van der Waals surface area contributed by atoms with E-state index < -0.39 is 0 Å². The number of carbonyl (C=O) groups excluding carboxylic acids is 1. The number of likely N-dealkylation sites (N-methyl/N-ethyl adjacent to an activating group) is 1. The van der Waals surface area contributed by atoms with Gasteiger partial charge in [-0.25, -0.2) is 4.98 Å². The third-order valence-corrected chi connectivity index (χ3v) is 3.09. The Morgan fingerprint density at radius 1 is 1.53 bits per heavy atom. The zero-order valence-corrected chi connectivity index (χ0v) is 12.3. The molecule has 1 atom stereocenters. The summed E-state index contributed by atoms with van der Waals surface area (Å²) >= 11 is 4.91. The van der Waals surface area contributed by atoms with E-state index in [1.54, 1.807) is 23.2 Å². The van der Waals surface area contributed by atoms with Crippen molar-refractivity contribution in [1.82, 2.24) is 9.88 Å². The van der Waals surface area contributed by atoms with E-state index in [0.717, 1.165) is 5.56 Å². The molecule has 0 aliphatic heterocycles. The molecule has 1 amide bonds. The summed E-state index contributed by atoms with van der Waals surface area (Å²) in [6, 6.07) is 3.15. The van der Waals surface area contributed by atoms with Gasteiger partial charge in [0.15, 0.2) is 0 Å². The molecule has 104 valence electrons. The predicted octanol–water partition coefficient (Wildman–Crippen LogP) is 1.38. The number of rotatable bonds is 6. The number of nitrogens with two attached hydrogens (primary N) is 1. The standard InChI is InChI=1S/C13H20N4OS/c1-4-17(5-2)13(18)9(3)16-11-8-10(12(14)19)6-7-15-11/h6-9H,4-5H2,1-3H3,(H2,14,19)(H,15,16). The van der Waals surface area contributed by atoms with Gasteiger partial charge in [-0.1, -0.05) is 12.2 Å². The number of thiocarbonyl (C=S) groups is 1. The highest BCUT2D eigenvalue weighted by Crippen LogP contribution is 2.09. The van der Waals surface area contributed by atoms with Crippen LogP contribution in [0.2, 0.25) is 0 Å². The lowest BCUT2D eigenvalue weighted by Gasteiger charge is -2.23. The molecule has 0 aliphatic rings. The van der Waals surface area contributed by atoms with Gasteiger partial charge >= 0.3 is 0 Å². The van der Waals surface area contributed by atoms with Gasteiger partial charge in [0.05, 0.1) is 0 Å². The monoisotopic (exact) mass is 280 g/mol. The number of carbonyl (C=O) groups is 1. The number of pyridine rings is 1. The maximum atomic E-state index is 12.1. The van der Waals surface area contributed by atoms with Crippen molar-refractivity contribution < 1.29 is 4.79 Å². The fourth-order valence-corrected chi connectivity index (χ4v) is 1.88. The molecular formula is C13H20N4OS. The van der Waals surface area contributed by atoms with E-state index in [4.69, 9.17) is 18.0 Å². The van der Waals surface area contributed by atoms with Crippen LogP contribution in [-0.2, 0) is 4.79 Å². The van der Waals surface area contributed by atoms with E-state index in [0.29, 0.717) is 23.9 Å². The summed E-state index contributed by atoms with van der Waals surface area (Å²) in [4.78, 5) is 18.4. The summed E-state index contributed by atoms with van der Waals surface area (Å²) in [6.07, 6.45) is 1.62. The van der Waals surface area contributed by atoms with E-state index >= 15 is 0 Å². The second-order valence-corrected chi connectivity index (χ2v) is 4.61. The molecule has 3 N–H and O–H groups in total. The molecule has 0 saturated carbocycles. The Balaban J connectivity index is 2.76. The van der Waals surface area contributed by atoms with Gasteiger partial charge in [0.2, 0.25) is 5.91 Å². The Kier molecular flexibility index (Phi) is 5.69. The Morgan fingerprint density at radius 2 is 2.16 bits per heavy atom. The maximum Gasteiger partial charge on any atom is 0.244 e. The smallest absolute Gasteiger partial charge is 0.244 e. The number of nitrogens with zero attached hydrogens (tertiary/aromatic N) is 2. The molecule has 1 aromatic rings. The molecule has 1 unspecified atom stereocenters. The Bertz CT molecular complexity index is 460. The van der Waals surface area contributed by atoms with Crippen molar-refractivity contribution in [2.45, 2.75) is 26.8 Å². The second-order valence-electron chi connectivity index (χ2n) is 4.17. The minimum atomic E-state index is -0.339. The molecule has 0 radical (unpaired) electrons. The fraction of sp³-hybridized carbons (Fsp3) is 0.462. The number of aromatic nitrogens is 1. The average molecular weight is 280 g/mol. The molecule has 0 fully saturated rings. The summed E-state index contributed by atoms with van der Waals surface area (Å²) < 4.78 is 0. The van der Waals surface area contributed by atoms with Crippen molar-refractivity contribution in [3.05, 3.63) is 23.9 Å². The lowest BCUT2D eigenvalue weighted by molar-refractivity contribution is -0.131. The topological polar surface area (TPSA) is 71.2 Å². The molecule has 5 nitrogen and oxygen atoms in total. The van der Waals surface area contributed by atoms with E-state index in [2.05, 4.69) is 10.3 Å². The molecular weight excluding hydrogens is 260 g/mol. The van der Waals surface area contributed by atoms with Crippen LogP contribution in [-0.4, -0.2) is 39.9 Å². The Labute approximate surface area is 119 Å². The quantitative estimate of drug-likeness (QED) is 0.770. The molecule has 1 rings (SSSR count). The molecule has 0 spiro atoms. The molecule has 0 saturated heterocycles. The van der Waals surface area contributed by atoms with Crippen molar-refractivity contribution in [1.29, 1.82) is 0 Å². The lowest BCUT2D eigenvalue weighted by atomic mass is 10.2. The van der Waals surface area contributed by atoms with Gasteiger partial charge in [-0.05, 0) is 32.9 Å². The molecule has 0 bridgehead atoms. The van der Waals surface area contributed by atoms with Gasteiger partial charge < -0.3 is 16.0 Å². The first-order chi connectivity index (χ1) is 8.99. The van der Waals surface area contributed by atoms with Crippen LogP contribution in [0.5, 0.6) is 0 Å². The van der Waals surface area contributed by atoms with Crippen LogP contribution < -0.4 is 11.1 Å². The highest BCUT2D eigenvalue weighted by molar-refractivity contribution is 7.80. The van der Waals surface area contributed by atoms with Crippen LogP contribution in [0.15, 0.2) is 18.3 Å². The third kappa shape index (κ3) is 4.17. The van der Waals surface area contributed by atoms with Crippen LogP contribution in [0.4, 0.5) is 5.82 Å². The third-order valence-electron chi connectivity index (χ3n) is 2.85. The SMILES string of the molecule is CCN(CC)C(=O)C(C)Nc1cc(C(N)=S)ccn1. The molecule has 6 heteroatoms. The summed E-state index contributed by atoms with van der Waals surface area (Å²) in [5, 5.41) is 3.07. The molecule has 19 heavy (non-hydrogen) atoms. The summed E-state index contributed by atoms with van der Waals surface area (Å²) in [5.41, 5.74) is 6.30. The number of amides is 1. The van der Waals surface area contributed by atoms with Crippen LogP contribution in [0.3, 0.4) is 0 Å². The minimum absolute atomic E-state index is 0.0486. The summed E-state index contributed by atoms with van der Waals surface area (Å²) in [6.45, 7) is 7.12. The molecule has 0 aromatic carbocycles. The molecule has 0 aliphatic carbocycles. The highest BCUT2D eigenvalue weighted by atomic mass is 32.1. The summed E-state index contributed by atoms with van der Waals surface area (Å²) in [5.74, 6) is 0.644. The van der Waals surface area contributed by atoms with Gasteiger partial charge in [-0.15, -0.1) is 0 Å². The van der Waals surface area contributed by atoms with Crippen LogP contribution in [0.25, 0.3) is 0 Å². The van der Waals surface area contributed by atoms with Crippen molar-refractivity contribution in [2.75, 3.05) is 18.4 Å². The van der Waals surface area contributed by atoms with Crippen molar-refractivity contribution >= 4 is 28.9 Å². The predicted molar refractivity (Wildman–Crippen MR) is 81.1 cm³/mol. The minimum Gasteiger partial charge on any atom is -0.389 e. The van der Waals surface area contributed by atoms with Gasteiger partial charge in [0.1, 0.15) is 16.8 Å². The van der Waals surface area contributed by atoms with E-state index in [-0.39, 0.29) is 11.9 Å². The Morgan fingerprint density at radius 3 is 2.68 bits per heavy atom. The highest BCUT2D eigenvalue weighted by Gasteiger charge is 2.18. The first-order valence-corrected chi connectivity index (χ1v) is 6.71. The van der Waals surface area contributed by atoms with Crippen LogP contribution in [0.1, 0.15) is 26.3 Å². The van der Waals surface area contributed by atoms with E-state index in [1.807, 2.05) is 20.8 Å². The zero-order valence-electron chi connectivity index (χ0n) is 11.5. The fourth-order valence-electron chi connectivity index (χ4n) is 1.76. The summed E-state index contributed by atoms with van der Waals surface area (Å²) in [7, 11) is 0. The van der Waals surface area contributed by atoms with Gasteiger partial charge in [0, 0.05) is 24.8 Å². The van der Waals surface area contributed by atoms with Crippen LogP contribution >= 0.6 is 12.2 Å². The van der Waals surface area contributed by atoms with Gasteiger partial charge in [-0.2, -0.15) is 0 Å². The van der Waals surface area contributed by atoms with Crippen LogP contribution in [0, 0.1) is 0 Å². The molecule has 1 aromatic heterocycles. The molecule has 1 heterocycles. The van der Waals surface area contributed by atoms with Crippen molar-refractivity contribution in [2.24, 2.45) is 5.73 Å². The van der Waals surface area contributed by atoms with E-state index in [1.165, 1.54) is 0 Å². The Hall–Kier alpha value is -1.69. The average Bonchev–Trinajstić information content (AvgIpc) is 2.40. The first kappa shape index (κ1) is 15.4. The number of hydrogen-bond acceptors (Lipinski definition) is 4.